The first-order valence-electron chi connectivity index (χ1n) is 5.96. The molecular formula is C15H13F2NOS. The van der Waals surface area contributed by atoms with E-state index in [9.17, 15) is 13.6 Å². The third-order valence-electron chi connectivity index (χ3n) is 2.89. The van der Waals surface area contributed by atoms with Gasteiger partial charge in [-0.1, -0.05) is 18.2 Å². The molecule has 0 bridgehead atoms. The molecule has 2 aromatic rings. The summed E-state index contributed by atoms with van der Waals surface area (Å²) in [6.07, 6.45) is 0. The highest BCUT2D eigenvalue weighted by atomic mass is 32.1. The zero-order valence-electron chi connectivity index (χ0n) is 10.8. The molecule has 0 aliphatic heterocycles. The maximum absolute atomic E-state index is 13.6. The highest BCUT2D eigenvalue weighted by molar-refractivity contribution is 7.80. The molecule has 0 aromatic heterocycles. The molecule has 2 rings (SSSR count). The molecule has 5 heteroatoms. The lowest BCUT2D eigenvalue weighted by Gasteiger charge is -2.18. The quantitative estimate of drug-likeness (QED) is 0.858. The van der Waals surface area contributed by atoms with Gasteiger partial charge in [0, 0.05) is 24.1 Å². The number of benzene rings is 2. The molecule has 0 heterocycles. The van der Waals surface area contributed by atoms with Crippen molar-refractivity contribution in [2.45, 2.75) is 11.4 Å². The van der Waals surface area contributed by atoms with E-state index in [1.54, 1.807) is 18.2 Å². The van der Waals surface area contributed by atoms with Crippen molar-refractivity contribution in [3.63, 3.8) is 0 Å². The van der Waals surface area contributed by atoms with Crippen molar-refractivity contribution in [3.05, 3.63) is 65.2 Å². The molecule has 1 amide bonds. The Morgan fingerprint density at radius 2 is 1.85 bits per heavy atom. The number of hydrogen-bond donors (Lipinski definition) is 1. The summed E-state index contributed by atoms with van der Waals surface area (Å²) in [5.41, 5.74) is 0.308. The van der Waals surface area contributed by atoms with E-state index >= 15 is 0 Å². The van der Waals surface area contributed by atoms with E-state index in [0.29, 0.717) is 10.5 Å². The predicted octanol–water partition coefficient (Wildman–Crippen LogP) is 3.53. The van der Waals surface area contributed by atoms with Gasteiger partial charge in [-0.15, -0.1) is 12.6 Å². The molecule has 20 heavy (non-hydrogen) atoms. The van der Waals surface area contributed by atoms with Crippen molar-refractivity contribution in [1.82, 2.24) is 4.90 Å². The van der Waals surface area contributed by atoms with Crippen LogP contribution in [0.4, 0.5) is 8.78 Å². The van der Waals surface area contributed by atoms with Crippen molar-refractivity contribution >= 4 is 18.5 Å². The van der Waals surface area contributed by atoms with E-state index in [4.69, 9.17) is 0 Å². The van der Waals surface area contributed by atoms with E-state index in [1.165, 1.54) is 36.2 Å². The molecule has 0 aliphatic carbocycles. The Hall–Kier alpha value is -1.88. The van der Waals surface area contributed by atoms with Crippen molar-refractivity contribution in [3.8, 4) is 0 Å². The van der Waals surface area contributed by atoms with Gasteiger partial charge in [0.15, 0.2) is 0 Å². The second-order valence-electron chi connectivity index (χ2n) is 4.42. The largest absolute Gasteiger partial charge is 0.337 e. The number of amides is 1. The van der Waals surface area contributed by atoms with Crippen LogP contribution in [0, 0.1) is 11.6 Å². The third-order valence-corrected chi connectivity index (χ3v) is 3.17. The van der Waals surface area contributed by atoms with E-state index in [-0.39, 0.29) is 12.1 Å². The second-order valence-corrected chi connectivity index (χ2v) is 4.93. The topological polar surface area (TPSA) is 20.3 Å². The number of carbonyl (C=O) groups is 1. The third kappa shape index (κ3) is 3.17. The molecule has 0 fully saturated rings. The summed E-state index contributed by atoms with van der Waals surface area (Å²) in [5.74, 6) is -1.52. The van der Waals surface area contributed by atoms with Crippen LogP contribution in [0.5, 0.6) is 0 Å². The molecule has 0 radical (unpaired) electrons. The van der Waals surface area contributed by atoms with Crippen LogP contribution in [0.25, 0.3) is 0 Å². The summed E-state index contributed by atoms with van der Waals surface area (Å²) in [6.45, 7) is 0.0712. The predicted molar refractivity (Wildman–Crippen MR) is 75.8 cm³/mol. The summed E-state index contributed by atoms with van der Waals surface area (Å²) in [6, 6.07) is 10.2. The van der Waals surface area contributed by atoms with Crippen LogP contribution < -0.4 is 0 Å². The van der Waals surface area contributed by atoms with Gasteiger partial charge >= 0.3 is 0 Å². The Balaban J connectivity index is 2.21. The number of nitrogens with zero attached hydrogens (tertiary/aromatic N) is 1. The second kappa shape index (κ2) is 6.05. The van der Waals surface area contributed by atoms with Gasteiger partial charge < -0.3 is 4.90 Å². The van der Waals surface area contributed by atoms with Gasteiger partial charge in [-0.05, 0) is 24.3 Å². The fourth-order valence-electron chi connectivity index (χ4n) is 1.84. The lowest BCUT2D eigenvalue weighted by molar-refractivity contribution is 0.0779. The van der Waals surface area contributed by atoms with Crippen LogP contribution in [0.2, 0.25) is 0 Å². The van der Waals surface area contributed by atoms with E-state index in [2.05, 4.69) is 12.6 Å². The number of rotatable bonds is 3. The molecule has 0 spiro atoms. The van der Waals surface area contributed by atoms with Crippen LogP contribution in [-0.2, 0) is 6.54 Å². The monoisotopic (exact) mass is 293 g/mol. The van der Waals surface area contributed by atoms with E-state index < -0.39 is 17.5 Å². The molecule has 0 atom stereocenters. The molecule has 2 aromatic carbocycles. The Kier molecular flexibility index (Phi) is 4.39. The SMILES string of the molecule is CN(Cc1ccccc1F)C(=O)c1cc(S)ccc1F. The lowest BCUT2D eigenvalue weighted by Crippen LogP contribution is -2.27. The maximum Gasteiger partial charge on any atom is 0.256 e. The van der Waals surface area contributed by atoms with E-state index in [0.717, 1.165) is 0 Å². The van der Waals surface area contributed by atoms with Crippen LogP contribution in [-0.4, -0.2) is 17.9 Å². The minimum atomic E-state index is -0.617. The van der Waals surface area contributed by atoms with Crippen LogP contribution in [0.3, 0.4) is 0 Å². The molecule has 2 nitrogen and oxygen atoms in total. The van der Waals surface area contributed by atoms with Gasteiger partial charge in [0.1, 0.15) is 11.6 Å². The Morgan fingerprint density at radius 1 is 1.15 bits per heavy atom. The average Bonchev–Trinajstić information content (AvgIpc) is 2.43. The maximum atomic E-state index is 13.6. The fraction of sp³-hybridized carbons (Fsp3) is 0.133. The van der Waals surface area contributed by atoms with Crippen LogP contribution in [0.15, 0.2) is 47.4 Å². The molecule has 0 N–H and O–H groups in total. The van der Waals surface area contributed by atoms with Crippen molar-refractivity contribution in [2.24, 2.45) is 0 Å². The van der Waals surface area contributed by atoms with Crippen molar-refractivity contribution in [1.29, 1.82) is 0 Å². The van der Waals surface area contributed by atoms with E-state index in [1.807, 2.05) is 0 Å². The fourth-order valence-corrected chi connectivity index (χ4v) is 2.04. The van der Waals surface area contributed by atoms with Gasteiger partial charge in [-0.2, -0.15) is 0 Å². The average molecular weight is 293 g/mol. The van der Waals surface area contributed by atoms with Crippen molar-refractivity contribution in [2.75, 3.05) is 7.05 Å². The first-order chi connectivity index (χ1) is 9.49. The molecule has 0 aliphatic rings. The number of carbonyl (C=O) groups excluding carboxylic acids is 1. The van der Waals surface area contributed by atoms with Gasteiger partial charge in [-0.3, -0.25) is 4.79 Å². The minimum Gasteiger partial charge on any atom is -0.337 e. The summed E-state index contributed by atoms with van der Waals surface area (Å²) < 4.78 is 27.2. The zero-order valence-corrected chi connectivity index (χ0v) is 11.7. The minimum absolute atomic E-state index is 0.0712. The first kappa shape index (κ1) is 14.5. The number of hydrogen-bond acceptors (Lipinski definition) is 2. The summed E-state index contributed by atoms with van der Waals surface area (Å²) in [7, 11) is 1.50. The summed E-state index contributed by atoms with van der Waals surface area (Å²) in [5, 5.41) is 0. The first-order valence-corrected chi connectivity index (χ1v) is 6.41. The lowest BCUT2D eigenvalue weighted by atomic mass is 10.1. The van der Waals surface area contributed by atoms with Gasteiger partial charge in [-0.25, -0.2) is 8.78 Å². The molecule has 0 unspecified atom stereocenters. The smallest absolute Gasteiger partial charge is 0.256 e. The van der Waals surface area contributed by atoms with Crippen LogP contribution in [0.1, 0.15) is 15.9 Å². The van der Waals surface area contributed by atoms with Gasteiger partial charge in [0.25, 0.3) is 5.91 Å². The summed E-state index contributed by atoms with van der Waals surface area (Å²) in [4.78, 5) is 13.9. The zero-order chi connectivity index (χ0) is 14.7. The molecule has 104 valence electrons. The number of thiol groups is 1. The Bertz CT molecular complexity index is 646. The molecular weight excluding hydrogens is 280 g/mol. The highest BCUT2D eigenvalue weighted by Crippen LogP contribution is 2.17. The van der Waals surface area contributed by atoms with Crippen LogP contribution >= 0.6 is 12.6 Å². The normalized spacial score (nSPS) is 10.4. The van der Waals surface area contributed by atoms with Gasteiger partial charge in [0.2, 0.25) is 0 Å². The Labute approximate surface area is 121 Å². The molecule has 0 saturated carbocycles. The standard InChI is InChI=1S/C15H13F2NOS/c1-18(9-10-4-2-3-5-13(10)16)15(19)12-8-11(20)6-7-14(12)17/h2-8,20H,9H2,1H3. The number of halogens is 2. The van der Waals surface area contributed by atoms with Crippen molar-refractivity contribution < 1.29 is 13.6 Å². The summed E-state index contributed by atoms with van der Waals surface area (Å²) >= 11 is 4.08. The highest BCUT2D eigenvalue weighted by Gasteiger charge is 2.17. The molecule has 0 saturated heterocycles. The Morgan fingerprint density at radius 3 is 2.55 bits per heavy atom. The van der Waals surface area contributed by atoms with Gasteiger partial charge in [0.05, 0.1) is 5.56 Å².